The number of nitrogens with one attached hydrogen (secondary N) is 1. The van der Waals surface area contributed by atoms with E-state index in [1.165, 1.54) is 0 Å². The fourth-order valence-corrected chi connectivity index (χ4v) is 4.21. The highest BCUT2D eigenvalue weighted by molar-refractivity contribution is 7.14. The van der Waals surface area contributed by atoms with Gasteiger partial charge >= 0.3 is 0 Å². The molecule has 0 radical (unpaired) electrons. The van der Waals surface area contributed by atoms with Gasteiger partial charge in [-0.2, -0.15) is 5.10 Å². The van der Waals surface area contributed by atoms with Gasteiger partial charge in [0.15, 0.2) is 10.8 Å². The van der Waals surface area contributed by atoms with Crippen LogP contribution in [0.5, 0.6) is 0 Å². The Labute approximate surface area is 181 Å². The molecule has 1 aliphatic rings. The summed E-state index contributed by atoms with van der Waals surface area (Å²) in [5.41, 5.74) is 2.38. The summed E-state index contributed by atoms with van der Waals surface area (Å²) in [5.74, 6) is -1.09. The Hall–Kier alpha value is -3.20. The largest absolute Gasteiger partial charge is 0.298 e. The van der Waals surface area contributed by atoms with Gasteiger partial charge in [0.25, 0.3) is 5.91 Å². The molecular formula is C22H19F2N5OS. The third kappa shape index (κ3) is 3.69. The van der Waals surface area contributed by atoms with Crippen LogP contribution in [0.2, 0.25) is 0 Å². The summed E-state index contributed by atoms with van der Waals surface area (Å²) in [6.45, 7) is 4.03. The van der Waals surface area contributed by atoms with Gasteiger partial charge in [-0.05, 0) is 51.0 Å². The van der Waals surface area contributed by atoms with Gasteiger partial charge in [0.2, 0.25) is 0 Å². The van der Waals surface area contributed by atoms with Crippen LogP contribution in [0.25, 0.3) is 22.3 Å². The molecule has 3 heterocycles. The normalized spacial score (nSPS) is 13.8. The smallest absolute Gasteiger partial charge is 0.258 e. The zero-order valence-corrected chi connectivity index (χ0v) is 17.7. The van der Waals surface area contributed by atoms with E-state index in [9.17, 15) is 13.6 Å². The number of halogens is 2. The van der Waals surface area contributed by atoms with Crippen LogP contribution in [-0.4, -0.2) is 25.7 Å². The second kappa shape index (κ2) is 7.49. The van der Waals surface area contributed by atoms with Crippen molar-refractivity contribution in [3.05, 3.63) is 58.7 Å². The summed E-state index contributed by atoms with van der Waals surface area (Å²) in [6.07, 6.45) is 3.78. The van der Waals surface area contributed by atoms with Crippen molar-refractivity contribution in [2.75, 3.05) is 5.32 Å². The van der Waals surface area contributed by atoms with Crippen LogP contribution in [0.15, 0.2) is 35.8 Å². The van der Waals surface area contributed by atoms with Crippen LogP contribution in [0.4, 0.5) is 13.9 Å². The molecule has 4 aromatic rings. The maximum absolute atomic E-state index is 14.1. The average Bonchev–Trinajstić information content (AvgIpc) is 3.34. The maximum atomic E-state index is 14.1. The first-order valence-corrected chi connectivity index (χ1v) is 10.9. The topological polar surface area (TPSA) is 72.7 Å². The third-order valence-electron chi connectivity index (χ3n) is 5.24. The zero-order valence-electron chi connectivity index (χ0n) is 16.9. The molecule has 0 saturated heterocycles. The molecule has 1 N–H and O–H groups in total. The number of pyridine rings is 1. The standard InChI is InChI=1S/C22H19F2N5OS/c1-11(2)29-20-16(9-25-29)14(8-18(26-20)12-3-4-12)21(30)28-22-27-19(10-31-22)15-7-13(23)5-6-17(15)24/h5-12H,3-4H2,1-2H3,(H,27,28,30). The van der Waals surface area contributed by atoms with Crippen LogP contribution in [-0.2, 0) is 0 Å². The van der Waals surface area contributed by atoms with Crippen molar-refractivity contribution in [3.8, 4) is 11.3 Å². The summed E-state index contributed by atoms with van der Waals surface area (Å²) in [4.78, 5) is 22.2. The lowest BCUT2D eigenvalue weighted by Crippen LogP contribution is -2.13. The SMILES string of the molecule is CC(C)n1ncc2c(C(=O)Nc3nc(-c4cc(F)ccc4F)cs3)cc(C3CC3)nc21. The molecule has 1 aliphatic carbocycles. The van der Waals surface area contributed by atoms with E-state index in [1.54, 1.807) is 11.6 Å². The van der Waals surface area contributed by atoms with Crippen molar-refractivity contribution in [1.29, 1.82) is 0 Å². The van der Waals surface area contributed by atoms with Gasteiger partial charge in [0.1, 0.15) is 11.6 Å². The third-order valence-corrected chi connectivity index (χ3v) is 6.00. The van der Waals surface area contributed by atoms with Gasteiger partial charge in [-0.15, -0.1) is 11.3 Å². The van der Waals surface area contributed by atoms with Crippen molar-refractivity contribution in [2.45, 2.75) is 38.6 Å². The molecule has 1 fully saturated rings. The summed E-state index contributed by atoms with van der Waals surface area (Å²) in [7, 11) is 0. The molecule has 6 nitrogen and oxygen atoms in total. The number of nitrogens with zero attached hydrogens (tertiary/aromatic N) is 4. The Kier molecular flexibility index (Phi) is 4.77. The van der Waals surface area contributed by atoms with Gasteiger partial charge in [0, 0.05) is 28.6 Å². The first-order chi connectivity index (χ1) is 14.9. The molecule has 158 valence electrons. The summed E-state index contributed by atoms with van der Waals surface area (Å²) < 4.78 is 29.4. The number of anilines is 1. The number of hydrogen-bond donors (Lipinski definition) is 1. The maximum Gasteiger partial charge on any atom is 0.258 e. The fourth-order valence-electron chi connectivity index (χ4n) is 3.50. The predicted octanol–water partition coefficient (Wildman–Crippen LogP) is 5.54. The molecular weight excluding hydrogens is 420 g/mol. The van der Waals surface area contributed by atoms with Crippen LogP contribution >= 0.6 is 11.3 Å². The van der Waals surface area contributed by atoms with Crippen molar-refractivity contribution in [1.82, 2.24) is 19.7 Å². The summed E-state index contributed by atoms with van der Waals surface area (Å²) >= 11 is 1.15. The average molecular weight is 439 g/mol. The Morgan fingerprint density at radius 2 is 2.03 bits per heavy atom. The molecule has 1 aromatic carbocycles. The monoisotopic (exact) mass is 439 g/mol. The second-order valence-corrected chi connectivity index (χ2v) is 8.76. The first-order valence-electron chi connectivity index (χ1n) is 10.0. The zero-order chi connectivity index (χ0) is 21.7. The van der Waals surface area contributed by atoms with Crippen LogP contribution in [0.1, 0.15) is 54.7 Å². The minimum Gasteiger partial charge on any atom is -0.298 e. The molecule has 0 atom stereocenters. The lowest BCUT2D eigenvalue weighted by Gasteiger charge is -2.10. The number of amides is 1. The molecule has 0 bridgehead atoms. The molecule has 0 unspecified atom stereocenters. The Balaban J connectivity index is 1.48. The number of benzene rings is 1. The molecule has 1 amide bonds. The predicted molar refractivity (Wildman–Crippen MR) is 115 cm³/mol. The van der Waals surface area contributed by atoms with Gasteiger partial charge in [-0.1, -0.05) is 0 Å². The highest BCUT2D eigenvalue weighted by Crippen LogP contribution is 2.40. The van der Waals surface area contributed by atoms with E-state index in [0.29, 0.717) is 27.6 Å². The molecule has 3 aromatic heterocycles. The summed E-state index contributed by atoms with van der Waals surface area (Å²) in [6, 6.07) is 5.13. The highest BCUT2D eigenvalue weighted by atomic mass is 32.1. The Morgan fingerprint density at radius 3 is 2.77 bits per heavy atom. The van der Waals surface area contributed by atoms with Crippen molar-refractivity contribution in [3.63, 3.8) is 0 Å². The lowest BCUT2D eigenvalue weighted by atomic mass is 10.1. The Morgan fingerprint density at radius 1 is 1.23 bits per heavy atom. The van der Waals surface area contributed by atoms with Crippen LogP contribution < -0.4 is 5.32 Å². The minimum absolute atomic E-state index is 0.0530. The second-order valence-electron chi connectivity index (χ2n) is 7.91. The quantitative estimate of drug-likeness (QED) is 0.443. The number of rotatable bonds is 5. The van der Waals surface area contributed by atoms with E-state index >= 15 is 0 Å². The van der Waals surface area contributed by atoms with Crippen molar-refractivity contribution in [2.24, 2.45) is 0 Å². The van der Waals surface area contributed by atoms with E-state index in [1.807, 2.05) is 24.6 Å². The first kappa shape index (κ1) is 19.7. The molecule has 31 heavy (non-hydrogen) atoms. The van der Waals surface area contributed by atoms with Crippen LogP contribution in [0, 0.1) is 11.6 Å². The van der Waals surface area contributed by atoms with Crippen molar-refractivity contribution >= 4 is 33.4 Å². The number of aromatic nitrogens is 4. The van der Waals surface area contributed by atoms with E-state index in [4.69, 9.17) is 4.98 Å². The lowest BCUT2D eigenvalue weighted by molar-refractivity contribution is 0.102. The highest BCUT2D eigenvalue weighted by Gasteiger charge is 2.28. The van der Waals surface area contributed by atoms with E-state index < -0.39 is 11.6 Å². The van der Waals surface area contributed by atoms with Crippen molar-refractivity contribution < 1.29 is 13.6 Å². The molecule has 9 heteroatoms. The molecule has 0 aliphatic heterocycles. The van der Waals surface area contributed by atoms with E-state index in [0.717, 1.165) is 48.1 Å². The number of carbonyl (C=O) groups excluding carboxylic acids is 1. The minimum atomic E-state index is -0.574. The number of carbonyl (C=O) groups is 1. The van der Waals surface area contributed by atoms with E-state index in [2.05, 4.69) is 15.4 Å². The van der Waals surface area contributed by atoms with Gasteiger partial charge in [-0.25, -0.2) is 23.4 Å². The Bertz CT molecular complexity index is 1310. The van der Waals surface area contributed by atoms with Gasteiger partial charge in [-0.3, -0.25) is 10.1 Å². The van der Waals surface area contributed by atoms with Gasteiger partial charge in [0.05, 0.1) is 22.8 Å². The number of fused-ring (bicyclic) bond motifs is 1. The molecule has 5 rings (SSSR count). The number of thiazole rings is 1. The van der Waals surface area contributed by atoms with Gasteiger partial charge < -0.3 is 0 Å². The van der Waals surface area contributed by atoms with E-state index in [-0.39, 0.29) is 23.2 Å². The van der Waals surface area contributed by atoms with Crippen LogP contribution in [0.3, 0.4) is 0 Å². The number of hydrogen-bond acceptors (Lipinski definition) is 5. The summed E-state index contributed by atoms with van der Waals surface area (Å²) in [5, 5.41) is 9.76. The fraction of sp³-hybridized carbons (Fsp3) is 0.273. The molecule has 1 saturated carbocycles. The molecule has 0 spiro atoms.